The molecule has 0 radical (unpaired) electrons. The van der Waals surface area contributed by atoms with Crippen LogP contribution in [-0.4, -0.2) is 36.6 Å². The number of piperazine rings is 1. The van der Waals surface area contributed by atoms with E-state index in [2.05, 4.69) is 37.9 Å². The average Bonchev–Trinajstić information content (AvgIpc) is 3.02. The van der Waals surface area contributed by atoms with Gasteiger partial charge in [0.2, 0.25) is 0 Å². The normalized spacial score (nSPS) is 34.3. The molecule has 0 aromatic rings. The summed E-state index contributed by atoms with van der Waals surface area (Å²) in [5.41, 5.74) is 0.671. The molecule has 2 nitrogen and oxygen atoms in total. The largest absolute Gasteiger partial charge is 0.311 e. The molecule has 1 aliphatic carbocycles. The van der Waals surface area contributed by atoms with Gasteiger partial charge < -0.3 is 5.32 Å². The molecule has 2 fully saturated rings. The molecule has 2 rings (SSSR count). The van der Waals surface area contributed by atoms with Crippen molar-refractivity contribution in [1.29, 1.82) is 0 Å². The van der Waals surface area contributed by atoms with E-state index in [4.69, 9.17) is 0 Å². The Balaban J connectivity index is 1.92. The van der Waals surface area contributed by atoms with Crippen molar-refractivity contribution in [3.63, 3.8) is 0 Å². The second-order valence-corrected chi connectivity index (χ2v) is 6.31. The van der Waals surface area contributed by atoms with Gasteiger partial charge in [-0.25, -0.2) is 0 Å². The van der Waals surface area contributed by atoms with E-state index in [0.717, 1.165) is 18.0 Å². The highest BCUT2D eigenvalue weighted by atomic mass is 15.2. The summed E-state index contributed by atoms with van der Waals surface area (Å²) in [7, 11) is 0. The Labute approximate surface area is 101 Å². The fraction of sp³-hybridized carbons (Fsp3) is 1.00. The summed E-state index contributed by atoms with van der Waals surface area (Å²) in [5, 5.41) is 3.64. The highest BCUT2D eigenvalue weighted by molar-refractivity contribution is 4.99. The zero-order chi connectivity index (χ0) is 11.8. The van der Waals surface area contributed by atoms with Gasteiger partial charge in [0.25, 0.3) is 0 Å². The predicted molar refractivity (Wildman–Crippen MR) is 69.6 cm³/mol. The Morgan fingerprint density at radius 3 is 2.56 bits per heavy atom. The molecule has 16 heavy (non-hydrogen) atoms. The maximum absolute atomic E-state index is 3.64. The zero-order valence-electron chi connectivity index (χ0n) is 11.4. The number of rotatable bonds is 4. The predicted octanol–water partition coefficient (Wildman–Crippen LogP) is 2.49. The maximum Gasteiger partial charge on any atom is 0.0193 e. The van der Waals surface area contributed by atoms with Gasteiger partial charge in [-0.15, -0.1) is 0 Å². The van der Waals surface area contributed by atoms with E-state index in [1.807, 2.05) is 0 Å². The Morgan fingerprint density at radius 1 is 1.38 bits per heavy atom. The minimum absolute atomic E-state index is 0.671. The van der Waals surface area contributed by atoms with Crippen molar-refractivity contribution in [2.24, 2.45) is 11.3 Å². The third-order valence-corrected chi connectivity index (χ3v) is 4.91. The SMILES string of the molecule is CCC1CN(CC2(C(C)C)CC2)C(C)CN1. The van der Waals surface area contributed by atoms with E-state index in [9.17, 15) is 0 Å². The molecule has 1 saturated carbocycles. The zero-order valence-corrected chi connectivity index (χ0v) is 11.4. The van der Waals surface area contributed by atoms with Crippen LogP contribution in [0.3, 0.4) is 0 Å². The van der Waals surface area contributed by atoms with Gasteiger partial charge in [0.05, 0.1) is 0 Å². The van der Waals surface area contributed by atoms with E-state index < -0.39 is 0 Å². The van der Waals surface area contributed by atoms with Gasteiger partial charge in [-0.3, -0.25) is 4.90 Å². The summed E-state index contributed by atoms with van der Waals surface area (Å²) >= 11 is 0. The van der Waals surface area contributed by atoms with Crippen LogP contribution < -0.4 is 5.32 Å². The van der Waals surface area contributed by atoms with Crippen molar-refractivity contribution in [3.8, 4) is 0 Å². The van der Waals surface area contributed by atoms with E-state index in [1.54, 1.807) is 0 Å². The fourth-order valence-electron chi connectivity index (χ4n) is 2.97. The molecule has 2 aliphatic rings. The van der Waals surface area contributed by atoms with Gasteiger partial charge in [-0.05, 0) is 37.5 Å². The van der Waals surface area contributed by atoms with Crippen LogP contribution in [0.4, 0.5) is 0 Å². The second kappa shape index (κ2) is 4.66. The Bertz CT molecular complexity index is 233. The van der Waals surface area contributed by atoms with Crippen LogP contribution in [0.2, 0.25) is 0 Å². The molecule has 2 unspecified atom stereocenters. The van der Waals surface area contributed by atoms with Gasteiger partial charge in [0.15, 0.2) is 0 Å². The summed E-state index contributed by atoms with van der Waals surface area (Å²) in [4.78, 5) is 2.73. The Morgan fingerprint density at radius 2 is 2.06 bits per heavy atom. The first-order valence-corrected chi connectivity index (χ1v) is 7.05. The standard InChI is InChI=1S/C14H28N2/c1-5-13-9-16(12(4)8-15-13)10-14(6-7-14)11(2)3/h11-13,15H,5-10H2,1-4H3. The van der Waals surface area contributed by atoms with Crippen LogP contribution in [0, 0.1) is 11.3 Å². The molecule has 1 N–H and O–H groups in total. The van der Waals surface area contributed by atoms with Crippen LogP contribution in [0.1, 0.15) is 47.0 Å². The smallest absolute Gasteiger partial charge is 0.0193 e. The van der Waals surface area contributed by atoms with Gasteiger partial charge in [-0.1, -0.05) is 20.8 Å². The first-order valence-electron chi connectivity index (χ1n) is 7.05. The minimum Gasteiger partial charge on any atom is -0.311 e. The van der Waals surface area contributed by atoms with E-state index in [1.165, 1.54) is 38.9 Å². The van der Waals surface area contributed by atoms with Crippen LogP contribution in [0.25, 0.3) is 0 Å². The van der Waals surface area contributed by atoms with Crippen molar-refractivity contribution in [1.82, 2.24) is 10.2 Å². The molecule has 1 aliphatic heterocycles. The summed E-state index contributed by atoms with van der Waals surface area (Å²) in [5.74, 6) is 0.856. The van der Waals surface area contributed by atoms with Crippen molar-refractivity contribution < 1.29 is 0 Å². The number of hydrogen-bond donors (Lipinski definition) is 1. The van der Waals surface area contributed by atoms with Crippen molar-refractivity contribution in [2.45, 2.75) is 59.0 Å². The molecular weight excluding hydrogens is 196 g/mol. The monoisotopic (exact) mass is 224 g/mol. The average molecular weight is 224 g/mol. The summed E-state index contributed by atoms with van der Waals surface area (Å²) in [6.07, 6.45) is 4.17. The molecule has 0 spiro atoms. The van der Waals surface area contributed by atoms with E-state index >= 15 is 0 Å². The molecule has 0 aromatic carbocycles. The summed E-state index contributed by atoms with van der Waals surface area (Å²) < 4.78 is 0. The van der Waals surface area contributed by atoms with Crippen molar-refractivity contribution in [3.05, 3.63) is 0 Å². The number of nitrogens with zero attached hydrogens (tertiary/aromatic N) is 1. The molecule has 94 valence electrons. The molecular formula is C14H28N2. The molecule has 0 bridgehead atoms. The van der Waals surface area contributed by atoms with Gasteiger partial charge in [-0.2, -0.15) is 0 Å². The maximum atomic E-state index is 3.64. The van der Waals surface area contributed by atoms with Crippen LogP contribution >= 0.6 is 0 Å². The van der Waals surface area contributed by atoms with Crippen molar-refractivity contribution >= 4 is 0 Å². The lowest BCUT2D eigenvalue weighted by Crippen LogP contribution is -2.56. The number of hydrogen-bond acceptors (Lipinski definition) is 2. The molecule has 2 heteroatoms. The first kappa shape index (κ1) is 12.4. The molecule has 1 heterocycles. The minimum atomic E-state index is 0.671. The summed E-state index contributed by atoms with van der Waals surface area (Å²) in [6, 6.07) is 1.44. The lowest BCUT2D eigenvalue weighted by molar-refractivity contribution is 0.0977. The molecule has 0 amide bonds. The number of nitrogens with one attached hydrogen (secondary N) is 1. The fourth-order valence-corrected chi connectivity index (χ4v) is 2.97. The van der Waals surface area contributed by atoms with E-state index in [0.29, 0.717) is 5.41 Å². The van der Waals surface area contributed by atoms with E-state index in [-0.39, 0.29) is 0 Å². The first-order chi connectivity index (χ1) is 7.57. The van der Waals surface area contributed by atoms with Crippen LogP contribution in [0.15, 0.2) is 0 Å². The lowest BCUT2D eigenvalue weighted by Gasteiger charge is -2.41. The van der Waals surface area contributed by atoms with Crippen LogP contribution in [-0.2, 0) is 0 Å². The Hall–Kier alpha value is -0.0800. The molecule has 0 aromatic heterocycles. The lowest BCUT2D eigenvalue weighted by atomic mass is 9.90. The van der Waals surface area contributed by atoms with Gasteiger partial charge in [0, 0.05) is 31.7 Å². The van der Waals surface area contributed by atoms with Crippen molar-refractivity contribution in [2.75, 3.05) is 19.6 Å². The second-order valence-electron chi connectivity index (χ2n) is 6.31. The van der Waals surface area contributed by atoms with Gasteiger partial charge >= 0.3 is 0 Å². The quantitative estimate of drug-likeness (QED) is 0.789. The third kappa shape index (κ3) is 2.43. The topological polar surface area (TPSA) is 15.3 Å². The molecule has 1 saturated heterocycles. The summed E-state index contributed by atoms with van der Waals surface area (Å²) in [6.45, 7) is 13.2. The highest BCUT2D eigenvalue weighted by Gasteiger charge is 2.47. The van der Waals surface area contributed by atoms with Crippen LogP contribution in [0.5, 0.6) is 0 Å². The third-order valence-electron chi connectivity index (χ3n) is 4.91. The Kier molecular flexibility index (Phi) is 3.60. The van der Waals surface area contributed by atoms with Gasteiger partial charge in [0.1, 0.15) is 0 Å². The highest BCUT2D eigenvalue weighted by Crippen LogP contribution is 2.52. The molecule has 2 atom stereocenters.